The van der Waals surface area contributed by atoms with Crippen molar-refractivity contribution in [1.29, 1.82) is 0 Å². The van der Waals surface area contributed by atoms with Crippen LogP contribution in [0.5, 0.6) is 5.75 Å². The minimum absolute atomic E-state index is 0.427. The molecule has 2 aliphatic rings. The quantitative estimate of drug-likeness (QED) is 0.908. The molecule has 1 N–H and O–H groups in total. The number of rotatable bonds is 3. The molecule has 104 valence electrons. The van der Waals surface area contributed by atoms with E-state index in [0.717, 1.165) is 12.3 Å². The summed E-state index contributed by atoms with van der Waals surface area (Å²) >= 11 is 2.05. The Morgan fingerprint density at radius 2 is 2.00 bits per heavy atom. The SMILES string of the molecule is c1cc(OC2CCSCC2)cc(C2CCCCN2)c1. The van der Waals surface area contributed by atoms with Crippen LogP contribution in [0.3, 0.4) is 0 Å². The van der Waals surface area contributed by atoms with Gasteiger partial charge in [-0.3, -0.25) is 0 Å². The fourth-order valence-corrected chi connectivity index (χ4v) is 3.99. The van der Waals surface area contributed by atoms with Gasteiger partial charge >= 0.3 is 0 Å². The van der Waals surface area contributed by atoms with Gasteiger partial charge in [0.15, 0.2) is 0 Å². The first kappa shape index (κ1) is 13.3. The van der Waals surface area contributed by atoms with Crippen molar-refractivity contribution in [3.8, 4) is 5.75 Å². The summed E-state index contributed by atoms with van der Waals surface area (Å²) in [5.74, 6) is 3.55. The van der Waals surface area contributed by atoms with Crippen LogP contribution in [0.25, 0.3) is 0 Å². The standard InChI is InChI=1S/C16H23NOS/c1-2-9-17-16(6-1)13-4-3-5-15(12-13)18-14-7-10-19-11-8-14/h3-5,12,14,16-17H,1-2,6-11H2. The Hall–Kier alpha value is -0.670. The number of thioether (sulfide) groups is 1. The largest absolute Gasteiger partial charge is 0.490 e. The number of hydrogen-bond acceptors (Lipinski definition) is 3. The van der Waals surface area contributed by atoms with Gasteiger partial charge in [0.05, 0.1) is 0 Å². The molecule has 2 heterocycles. The maximum Gasteiger partial charge on any atom is 0.120 e. The Labute approximate surface area is 120 Å². The van der Waals surface area contributed by atoms with Gasteiger partial charge in [-0.15, -0.1) is 0 Å². The number of benzene rings is 1. The van der Waals surface area contributed by atoms with Crippen LogP contribution < -0.4 is 10.1 Å². The van der Waals surface area contributed by atoms with Crippen molar-refractivity contribution in [2.75, 3.05) is 18.1 Å². The lowest BCUT2D eigenvalue weighted by atomic mass is 9.97. The highest BCUT2D eigenvalue weighted by Gasteiger charge is 2.17. The lowest BCUT2D eigenvalue weighted by molar-refractivity contribution is 0.192. The monoisotopic (exact) mass is 277 g/mol. The zero-order valence-electron chi connectivity index (χ0n) is 11.4. The molecule has 0 radical (unpaired) electrons. The Balaban J connectivity index is 1.64. The van der Waals surface area contributed by atoms with Crippen molar-refractivity contribution >= 4 is 11.8 Å². The maximum absolute atomic E-state index is 6.15. The van der Waals surface area contributed by atoms with Crippen LogP contribution in [0.4, 0.5) is 0 Å². The summed E-state index contributed by atoms with van der Waals surface area (Å²) in [4.78, 5) is 0. The van der Waals surface area contributed by atoms with Crippen molar-refractivity contribution in [2.45, 2.75) is 44.2 Å². The predicted molar refractivity (Wildman–Crippen MR) is 82.0 cm³/mol. The highest BCUT2D eigenvalue weighted by Crippen LogP contribution is 2.28. The van der Waals surface area contributed by atoms with E-state index in [1.54, 1.807) is 0 Å². The Morgan fingerprint density at radius 3 is 2.79 bits per heavy atom. The van der Waals surface area contributed by atoms with Gasteiger partial charge < -0.3 is 10.1 Å². The van der Waals surface area contributed by atoms with Gasteiger partial charge in [-0.25, -0.2) is 0 Å². The molecule has 2 fully saturated rings. The Morgan fingerprint density at radius 1 is 1.11 bits per heavy atom. The second-order valence-electron chi connectivity index (χ2n) is 5.50. The molecular formula is C16H23NOS. The molecule has 0 aromatic heterocycles. The second kappa shape index (κ2) is 6.67. The highest BCUT2D eigenvalue weighted by molar-refractivity contribution is 7.99. The third kappa shape index (κ3) is 3.67. The summed E-state index contributed by atoms with van der Waals surface area (Å²) in [6.45, 7) is 1.15. The average Bonchev–Trinajstić information content (AvgIpc) is 2.49. The van der Waals surface area contributed by atoms with Crippen LogP contribution in [-0.2, 0) is 0 Å². The van der Waals surface area contributed by atoms with Gasteiger partial charge in [-0.1, -0.05) is 18.6 Å². The van der Waals surface area contributed by atoms with Crippen LogP contribution in [0.15, 0.2) is 24.3 Å². The molecule has 1 atom stereocenters. The van der Waals surface area contributed by atoms with E-state index in [1.165, 1.54) is 49.2 Å². The maximum atomic E-state index is 6.15. The predicted octanol–water partition coefficient (Wildman–Crippen LogP) is 3.78. The molecule has 0 amide bonds. The Bertz CT molecular complexity index is 397. The molecule has 1 aromatic rings. The fraction of sp³-hybridized carbons (Fsp3) is 0.625. The van der Waals surface area contributed by atoms with Gasteiger partial charge in [0.2, 0.25) is 0 Å². The van der Waals surface area contributed by atoms with Gasteiger partial charge in [0, 0.05) is 6.04 Å². The zero-order chi connectivity index (χ0) is 12.9. The number of nitrogens with one attached hydrogen (secondary N) is 1. The number of ether oxygens (including phenoxy) is 1. The van der Waals surface area contributed by atoms with Crippen LogP contribution >= 0.6 is 11.8 Å². The third-order valence-electron chi connectivity index (χ3n) is 4.04. The molecule has 0 saturated carbocycles. The molecule has 19 heavy (non-hydrogen) atoms. The molecular weight excluding hydrogens is 254 g/mol. The molecule has 0 aliphatic carbocycles. The van der Waals surface area contributed by atoms with E-state index in [0.29, 0.717) is 12.1 Å². The Kier molecular flexibility index (Phi) is 4.67. The van der Waals surface area contributed by atoms with E-state index < -0.39 is 0 Å². The van der Waals surface area contributed by atoms with Crippen molar-refractivity contribution in [3.05, 3.63) is 29.8 Å². The van der Waals surface area contributed by atoms with E-state index >= 15 is 0 Å². The summed E-state index contributed by atoms with van der Waals surface area (Å²) in [5, 5.41) is 3.61. The second-order valence-corrected chi connectivity index (χ2v) is 6.73. The van der Waals surface area contributed by atoms with Crippen LogP contribution in [0, 0.1) is 0 Å². The summed E-state index contributed by atoms with van der Waals surface area (Å²) in [6, 6.07) is 9.24. The fourth-order valence-electron chi connectivity index (χ4n) is 2.93. The normalized spacial score (nSPS) is 25.2. The summed E-state index contributed by atoms with van der Waals surface area (Å²) in [6.07, 6.45) is 6.71. The minimum atomic E-state index is 0.427. The zero-order valence-corrected chi connectivity index (χ0v) is 12.3. The molecule has 0 bridgehead atoms. The first-order valence-electron chi connectivity index (χ1n) is 7.49. The van der Waals surface area contributed by atoms with E-state index in [9.17, 15) is 0 Å². The summed E-state index contributed by atoms with van der Waals surface area (Å²) in [7, 11) is 0. The van der Waals surface area contributed by atoms with E-state index in [4.69, 9.17) is 4.74 Å². The molecule has 2 nitrogen and oxygen atoms in total. The molecule has 0 spiro atoms. The molecule has 3 heteroatoms. The highest BCUT2D eigenvalue weighted by atomic mass is 32.2. The summed E-state index contributed by atoms with van der Waals surface area (Å²) < 4.78 is 6.15. The number of hydrogen-bond donors (Lipinski definition) is 1. The van der Waals surface area contributed by atoms with Crippen molar-refractivity contribution in [2.24, 2.45) is 0 Å². The molecule has 1 aromatic carbocycles. The van der Waals surface area contributed by atoms with Crippen molar-refractivity contribution < 1.29 is 4.74 Å². The van der Waals surface area contributed by atoms with Gasteiger partial charge in [0.25, 0.3) is 0 Å². The topological polar surface area (TPSA) is 21.3 Å². The average molecular weight is 277 g/mol. The molecule has 3 rings (SSSR count). The van der Waals surface area contributed by atoms with Gasteiger partial charge in [-0.05, 0) is 61.4 Å². The molecule has 2 saturated heterocycles. The number of piperidine rings is 1. The van der Waals surface area contributed by atoms with E-state index in [-0.39, 0.29) is 0 Å². The van der Waals surface area contributed by atoms with Gasteiger partial charge in [0.1, 0.15) is 11.9 Å². The first-order chi connectivity index (χ1) is 9.42. The van der Waals surface area contributed by atoms with Crippen LogP contribution in [0.1, 0.15) is 43.7 Å². The minimum Gasteiger partial charge on any atom is -0.490 e. The van der Waals surface area contributed by atoms with E-state index in [2.05, 4.69) is 29.6 Å². The molecule has 1 unspecified atom stereocenters. The third-order valence-corrected chi connectivity index (χ3v) is 5.09. The van der Waals surface area contributed by atoms with Gasteiger partial charge in [-0.2, -0.15) is 11.8 Å². The van der Waals surface area contributed by atoms with Crippen molar-refractivity contribution in [1.82, 2.24) is 5.32 Å². The van der Waals surface area contributed by atoms with Crippen LogP contribution in [-0.4, -0.2) is 24.2 Å². The van der Waals surface area contributed by atoms with E-state index in [1.807, 2.05) is 11.8 Å². The molecule has 2 aliphatic heterocycles. The first-order valence-corrected chi connectivity index (χ1v) is 8.65. The summed E-state index contributed by atoms with van der Waals surface area (Å²) in [5.41, 5.74) is 1.39. The lowest BCUT2D eigenvalue weighted by Gasteiger charge is -2.26. The lowest BCUT2D eigenvalue weighted by Crippen LogP contribution is -2.27. The van der Waals surface area contributed by atoms with Crippen LogP contribution in [0.2, 0.25) is 0 Å². The van der Waals surface area contributed by atoms with Crippen molar-refractivity contribution in [3.63, 3.8) is 0 Å². The smallest absolute Gasteiger partial charge is 0.120 e.